The van der Waals surface area contributed by atoms with Crippen molar-refractivity contribution in [3.63, 3.8) is 0 Å². The van der Waals surface area contributed by atoms with E-state index in [0.29, 0.717) is 25.7 Å². The normalized spacial score (nSPS) is 37.1. The maximum Gasteiger partial charge on any atom is 0.392 e. The van der Waals surface area contributed by atoms with Gasteiger partial charge in [-0.15, -0.1) is 0 Å². The standard InChI is InChI=1S/C14H22F3NO2/c1-13(2)10(7-11(13)19)18-12(20)8-5-3-4-6-9(8)14(15,16)17/h8-11,19H,3-7H2,1-2H3,(H,18,20). The monoisotopic (exact) mass is 293 g/mol. The fourth-order valence-corrected chi connectivity index (χ4v) is 3.26. The first kappa shape index (κ1) is 15.6. The molecule has 2 N–H and O–H groups in total. The third kappa shape index (κ3) is 2.80. The zero-order valence-electron chi connectivity index (χ0n) is 11.8. The molecule has 2 saturated carbocycles. The predicted octanol–water partition coefficient (Wildman–Crippen LogP) is 2.63. The number of hydrogen-bond donors (Lipinski definition) is 2. The number of aliphatic hydroxyl groups is 1. The van der Waals surface area contributed by atoms with Crippen LogP contribution in [0.5, 0.6) is 0 Å². The van der Waals surface area contributed by atoms with Gasteiger partial charge in [0.05, 0.1) is 12.0 Å². The highest BCUT2D eigenvalue weighted by atomic mass is 19.4. The Labute approximate surface area is 116 Å². The van der Waals surface area contributed by atoms with Crippen LogP contribution in [-0.2, 0) is 4.79 Å². The Hall–Kier alpha value is -0.780. The summed E-state index contributed by atoms with van der Waals surface area (Å²) in [6, 6.07) is -0.235. The van der Waals surface area contributed by atoms with E-state index in [1.54, 1.807) is 0 Å². The summed E-state index contributed by atoms with van der Waals surface area (Å²) in [7, 11) is 0. The largest absolute Gasteiger partial charge is 0.392 e. The number of hydrogen-bond acceptors (Lipinski definition) is 2. The van der Waals surface area contributed by atoms with Crippen LogP contribution in [0, 0.1) is 17.3 Å². The Morgan fingerprint density at radius 3 is 2.35 bits per heavy atom. The molecule has 0 radical (unpaired) electrons. The van der Waals surface area contributed by atoms with E-state index in [0.717, 1.165) is 0 Å². The molecule has 2 fully saturated rings. The molecule has 0 aliphatic heterocycles. The molecule has 2 aliphatic carbocycles. The van der Waals surface area contributed by atoms with Gasteiger partial charge in [0.2, 0.25) is 5.91 Å². The maximum atomic E-state index is 13.0. The molecular weight excluding hydrogens is 271 g/mol. The van der Waals surface area contributed by atoms with Gasteiger partial charge < -0.3 is 10.4 Å². The first-order chi connectivity index (χ1) is 9.14. The van der Waals surface area contributed by atoms with Crippen LogP contribution in [0.2, 0.25) is 0 Å². The number of rotatable bonds is 2. The van der Waals surface area contributed by atoms with Gasteiger partial charge in [0, 0.05) is 17.4 Å². The quantitative estimate of drug-likeness (QED) is 0.822. The van der Waals surface area contributed by atoms with Crippen molar-refractivity contribution in [1.82, 2.24) is 5.32 Å². The van der Waals surface area contributed by atoms with Crippen LogP contribution in [0.4, 0.5) is 13.2 Å². The van der Waals surface area contributed by atoms with Crippen molar-refractivity contribution < 1.29 is 23.1 Å². The van der Waals surface area contributed by atoms with Gasteiger partial charge in [-0.2, -0.15) is 13.2 Å². The highest BCUT2D eigenvalue weighted by Gasteiger charge is 2.51. The van der Waals surface area contributed by atoms with Crippen molar-refractivity contribution in [2.45, 2.75) is 64.3 Å². The Kier molecular flexibility index (Phi) is 4.06. The second-order valence-corrected chi connectivity index (χ2v) is 6.67. The smallest absolute Gasteiger partial charge is 0.392 e. The summed E-state index contributed by atoms with van der Waals surface area (Å²) in [4.78, 5) is 12.2. The summed E-state index contributed by atoms with van der Waals surface area (Å²) in [5, 5.41) is 12.3. The Morgan fingerprint density at radius 1 is 1.25 bits per heavy atom. The van der Waals surface area contributed by atoms with Crippen LogP contribution in [0.1, 0.15) is 46.0 Å². The number of amides is 1. The van der Waals surface area contributed by atoms with Crippen LogP contribution in [0.15, 0.2) is 0 Å². The highest BCUT2D eigenvalue weighted by Crippen LogP contribution is 2.43. The lowest BCUT2D eigenvalue weighted by atomic mass is 9.64. The highest BCUT2D eigenvalue weighted by molar-refractivity contribution is 5.79. The molecule has 3 nitrogen and oxygen atoms in total. The van der Waals surface area contributed by atoms with E-state index in [-0.39, 0.29) is 12.5 Å². The molecule has 6 heteroatoms. The molecular formula is C14H22F3NO2. The van der Waals surface area contributed by atoms with Crippen molar-refractivity contribution in [2.24, 2.45) is 17.3 Å². The lowest BCUT2D eigenvalue weighted by Crippen LogP contribution is -2.62. The molecule has 20 heavy (non-hydrogen) atoms. The van der Waals surface area contributed by atoms with Gasteiger partial charge in [0.25, 0.3) is 0 Å². The van der Waals surface area contributed by atoms with E-state index >= 15 is 0 Å². The summed E-state index contributed by atoms with van der Waals surface area (Å²) in [5.74, 6) is -3.00. The fraction of sp³-hybridized carbons (Fsp3) is 0.929. The van der Waals surface area contributed by atoms with Gasteiger partial charge in [0.15, 0.2) is 0 Å². The van der Waals surface area contributed by atoms with Crippen molar-refractivity contribution in [1.29, 1.82) is 0 Å². The fourth-order valence-electron chi connectivity index (χ4n) is 3.26. The van der Waals surface area contributed by atoms with Crippen LogP contribution in [0.25, 0.3) is 0 Å². The molecule has 0 bridgehead atoms. The molecule has 0 aromatic rings. The minimum Gasteiger partial charge on any atom is -0.392 e. The van der Waals surface area contributed by atoms with E-state index in [2.05, 4.69) is 5.32 Å². The van der Waals surface area contributed by atoms with Crippen LogP contribution in [0.3, 0.4) is 0 Å². The van der Waals surface area contributed by atoms with Crippen molar-refractivity contribution in [2.75, 3.05) is 0 Å². The van der Waals surface area contributed by atoms with E-state index in [9.17, 15) is 23.1 Å². The van der Waals surface area contributed by atoms with Gasteiger partial charge in [-0.3, -0.25) is 4.79 Å². The number of carbonyl (C=O) groups excluding carboxylic acids is 1. The van der Waals surface area contributed by atoms with E-state index in [1.165, 1.54) is 0 Å². The third-order valence-corrected chi connectivity index (χ3v) is 5.06. The number of alkyl halides is 3. The van der Waals surface area contributed by atoms with E-state index in [1.807, 2.05) is 13.8 Å². The summed E-state index contributed by atoms with van der Waals surface area (Å²) in [6.45, 7) is 3.63. The molecule has 116 valence electrons. The van der Waals surface area contributed by atoms with E-state index in [4.69, 9.17) is 0 Å². The summed E-state index contributed by atoms with van der Waals surface area (Å²) in [6.07, 6.45) is -2.86. The first-order valence-electron chi connectivity index (χ1n) is 7.19. The molecule has 0 saturated heterocycles. The minimum absolute atomic E-state index is 0.0400. The Morgan fingerprint density at radius 2 is 1.85 bits per heavy atom. The third-order valence-electron chi connectivity index (χ3n) is 5.06. The SMILES string of the molecule is CC1(C)C(O)CC1NC(=O)C1CCCCC1C(F)(F)F. The van der Waals surface area contributed by atoms with Gasteiger partial charge in [0.1, 0.15) is 0 Å². The molecule has 0 aromatic heterocycles. The Balaban J connectivity index is 2.00. The zero-order chi connectivity index (χ0) is 15.1. The van der Waals surface area contributed by atoms with Crippen LogP contribution < -0.4 is 5.32 Å². The van der Waals surface area contributed by atoms with Crippen LogP contribution in [-0.4, -0.2) is 29.3 Å². The molecule has 1 amide bonds. The summed E-state index contributed by atoms with van der Waals surface area (Å²) in [5.41, 5.74) is -0.460. The maximum absolute atomic E-state index is 13.0. The number of carbonyl (C=O) groups is 1. The second-order valence-electron chi connectivity index (χ2n) is 6.67. The van der Waals surface area contributed by atoms with Crippen molar-refractivity contribution in [3.05, 3.63) is 0 Å². The predicted molar refractivity (Wildman–Crippen MR) is 67.8 cm³/mol. The number of aliphatic hydroxyl groups excluding tert-OH is 1. The van der Waals surface area contributed by atoms with Gasteiger partial charge in [-0.25, -0.2) is 0 Å². The summed E-state index contributed by atoms with van der Waals surface area (Å²) >= 11 is 0. The van der Waals surface area contributed by atoms with Crippen LogP contribution >= 0.6 is 0 Å². The molecule has 2 rings (SSSR count). The second kappa shape index (κ2) is 5.20. The minimum atomic E-state index is -4.31. The Bertz CT molecular complexity index is 381. The van der Waals surface area contributed by atoms with Gasteiger partial charge in [-0.1, -0.05) is 26.7 Å². The topological polar surface area (TPSA) is 49.3 Å². The molecule has 4 unspecified atom stereocenters. The number of nitrogens with one attached hydrogen (secondary N) is 1. The summed E-state index contributed by atoms with van der Waals surface area (Å²) < 4.78 is 38.9. The molecule has 4 atom stereocenters. The zero-order valence-corrected chi connectivity index (χ0v) is 11.8. The molecule has 0 heterocycles. The van der Waals surface area contributed by atoms with Crippen molar-refractivity contribution in [3.8, 4) is 0 Å². The van der Waals surface area contributed by atoms with Crippen molar-refractivity contribution >= 4 is 5.91 Å². The lowest BCUT2D eigenvalue weighted by molar-refractivity contribution is -0.199. The van der Waals surface area contributed by atoms with Gasteiger partial charge >= 0.3 is 6.18 Å². The molecule has 0 aromatic carbocycles. The first-order valence-corrected chi connectivity index (χ1v) is 7.19. The molecule has 2 aliphatic rings. The molecule has 0 spiro atoms. The van der Waals surface area contributed by atoms with Gasteiger partial charge in [-0.05, 0) is 19.3 Å². The average molecular weight is 293 g/mol. The van der Waals surface area contributed by atoms with E-state index < -0.39 is 35.4 Å². The number of halogens is 3. The lowest BCUT2D eigenvalue weighted by Gasteiger charge is -2.50. The average Bonchev–Trinajstić information content (AvgIpc) is 2.37.